The number of hydrogen-bond acceptors (Lipinski definition) is 2. The molecule has 16 heavy (non-hydrogen) atoms. The van der Waals surface area contributed by atoms with Gasteiger partial charge in [0.2, 0.25) is 5.82 Å². The summed E-state index contributed by atoms with van der Waals surface area (Å²) < 4.78 is 25.9. The molecular formula is C10H6ClF2NO2. The molecule has 0 saturated heterocycles. The minimum absolute atomic E-state index is 0.249. The second-order valence-electron chi connectivity index (χ2n) is 2.78. The monoisotopic (exact) mass is 245 g/mol. The van der Waals surface area contributed by atoms with Crippen molar-refractivity contribution in [2.75, 3.05) is 5.88 Å². The minimum Gasteiger partial charge on any atom is -0.258 e. The first kappa shape index (κ1) is 12.4. The highest BCUT2D eigenvalue weighted by Gasteiger charge is 2.20. The maximum atomic E-state index is 13.1. The van der Waals surface area contributed by atoms with Crippen LogP contribution in [0.5, 0.6) is 0 Å². The molecule has 0 amide bonds. The quantitative estimate of drug-likeness (QED) is 0.348. The van der Waals surface area contributed by atoms with Crippen molar-refractivity contribution >= 4 is 17.3 Å². The van der Waals surface area contributed by atoms with Crippen molar-refractivity contribution in [1.29, 1.82) is 0 Å². The molecule has 0 aromatic heterocycles. The van der Waals surface area contributed by atoms with Crippen LogP contribution >= 0.6 is 11.6 Å². The molecule has 0 aliphatic heterocycles. The Morgan fingerprint density at radius 2 is 2.12 bits per heavy atom. The van der Waals surface area contributed by atoms with Crippen molar-refractivity contribution < 1.29 is 13.7 Å². The van der Waals surface area contributed by atoms with Crippen molar-refractivity contribution in [1.82, 2.24) is 0 Å². The lowest BCUT2D eigenvalue weighted by Crippen LogP contribution is -1.97. The molecule has 0 spiro atoms. The minimum atomic E-state index is -1.24. The molecule has 0 unspecified atom stereocenters. The molecule has 0 bridgehead atoms. The van der Waals surface area contributed by atoms with Gasteiger partial charge in [0.25, 0.3) is 0 Å². The van der Waals surface area contributed by atoms with E-state index < -0.39 is 22.2 Å². The largest absolute Gasteiger partial charge is 0.320 e. The molecule has 6 heteroatoms. The van der Waals surface area contributed by atoms with Gasteiger partial charge in [-0.2, -0.15) is 4.39 Å². The average molecular weight is 246 g/mol. The molecule has 0 saturated carbocycles. The number of rotatable bonds is 2. The lowest BCUT2D eigenvalue weighted by molar-refractivity contribution is -0.387. The van der Waals surface area contributed by atoms with E-state index in [4.69, 9.17) is 11.6 Å². The van der Waals surface area contributed by atoms with Gasteiger partial charge in [0, 0.05) is 18.4 Å². The third-order valence-corrected chi connectivity index (χ3v) is 1.84. The van der Waals surface area contributed by atoms with E-state index in [9.17, 15) is 18.9 Å². The molecule has 1 aromatic carbocycles. The van der Waals surface area contributed by atoms with E-state index in [0.717, 1.165) is 6.07 Å². The number of hydrogen-bond donors (Lipinski definition) is 0. The van der Waals surface area contributed by atoms with Gasteiger partial charge in [0.15, 0.2) is 0 Å². The zero-order chi connectivity index (χ0) is 12.1. The molecule has 0 heterocycles. The fourth-order valence-electron chi connectivity index (χ4n) is 1.05. The SMILES string of the molecule is O=[N+]([O-])c1c(F)cc(F)cc1C#CCCCl. The van der Waals surface area contributed by atoms with Crippen LogP contribution in [0, 0.1) is 33.6 Å². The van der Waals surface area contributed by atoms with Gasteiger partial charge in [-0.1, -0.05) is 11.8 Å². The van der Waals surface area contributed by atoms with Crippen LogP contribution < -0.4 is 0 Å². The Bertz CT molecular complexity index is 480. The average Bonchev–Trinajstić information content (AvgIpc) is 2.16. The van der Waals surface area contributed by atoms with E-state index in [1.807, 2.05) is 0 Å². The highest BCUT2D eigenvalue weighted by Crippen LogP contribution is 2.23. The van der Waals surface area contributed by atoms with Crippen LogP contribution in [0.15, 0.2) is 12.1 Å². The van der Waals surface area contributed by atoms with Crippen molar-refractivity contribution in [3.63, 3.8) is 0 Å². The fraction of sp³-hybridized carbons (Fsp3) is 0.200. The van der Waals surface area contributed by atoms with Crippen molar-refractivity contribution in [2.24, 2.45) is 0 Å². The van der Waals surface area contributed by atoms with Crippen molar-refractivity contribution in [2.45, 2.75) is 6.42 Å². The highest BCUT2D eigenvalue weighted by molar-refractivity contribution is 6.18. The fourth-order valence-corrected chi connectivity index (χ4v) is 1.15. The van der Waals surface area contributed by atoms with E-state index in [-0.39, 0.29) is 17.9 Å². The Hall–Kier alpha value is -1.67. The van der Waals surface area contributed by atoms with Gasteiger partial charge < -0.3 is 0 Å². The number of halogens is 3. The first-order chi connectivity index (χ1) is 7.56. The number of benzene rings is 1. The van der Waals surface area contributed by atoms with Crippen LogP contribution in [0.1, 0.15) is 12.0 Å². The highest BCUT2D eigenvalue weighted by atomic mass is 35.5. The Kier molecular flexibility index (Phi) is 4.20. The molecule has 0 fully saturated rings. The smallest absolute Gasteiger partial charge is 0.258 e. The number of nitro groups is 1. The first-order valence-electron chi connectivity index (χ1n) is 4.24. The summed E-state index contributed by atoms with van der Waals surface area (Å²) in [5.41, 5.74) is -1.10. The van der Waals surface area contributed by atoms with Crippen LogP contribution in [0.4, 0.5) is 14.5 Å². The molecule has 0 atom stereocenters. The van der Waals surface area contributed by atoms with E-state index in [2.05, 4.69) is 11.8 Å². The van der Waals surface area contributed by atoms with Gasteiger partial charge >= 0.3 is 5.69 Å². The summed E-state index contributed by atoms with van der Waals surface area (Å²) in [5.74, 6) is 2.91. The molecular weight excluding hydrogens is 240 g/mol. The zero-order valence-electron chi connectivity index (χ0n) is 7.97. The summed E-state index contributed by atoms with van der Waals surface area (Å²) in [7, 11) is 0. The van der Waals surface area contributed by atoms with E-state index in [1.165, 1.54) is 0 Å². The lowest BCUT2D eigenvalue weighted by Gasteiger charge is -1.97. The Balaban J connectivity index is 3.26. The summed E-state index contributed by atoms with van der Waals surface area (Å²) in [6.45, 7) is 0. The van der Waals surface area contributed by atoms with Crippen LogP contribution in [0.3, 0.4) is 0 Å². The van der Waals surface area contributed by atoms with Crippen LogP contribution in [0.2, 0.25) is 0 Å². The summed E-state index contributed by atoms with van der Waals surface area (Å²) in [6.07, 6.45) is 0.289. The number of alkyl halides is 1. The van der Waals surface area contributed by atoms with Gasteiger partial charge in [-0.3, -0.25) is 10.1 Å². The van der Waals surface area contributed by atoms with Gasteiger partial charge in [0.1, 0.15) is 11.4 Å². The number of nitro benzene ring substituents is 1. The Labute approximate surface area is 95.2 Å². The van der Waals surface area contributed by atoms with Crippen LogP contribution in [-0.4, -0.2) is 10.8 Å². The molecule has 0 N–H and O–H groups in total. The maximum Gasteiger partial charge on any atom is 0.320 e. The van der Waals surface area contributed by atoms with Crippen molar-refractivity contribution in [3.8, 4) is 11.8 Å². The zero-order valence-corrected chi connectivity index (χ0v) is 8.72. The van der Waals surface area contributed by atoms with Gasteiger partial charge in [-0.05, 0) is 6.07 Å². The molecule has 0 aliphatic carbocycles. The summed E-state index contributed by atoms with van der Waals surface area (Å²) in [5, 5.41) is 10.5. The van der Waals surface area contributed by atoms with Crippen LogP contribution in [0.25, 0.3) is 0 Å². The number of nitrogens with zero attached hydrogens (tertiary/aromatic N) is 1. The third-order valence-electron chi connectivity index (χ3n) is 1.65. The second-order valence-corrected chi connectivity index (χ2v) is 3.16. The molecule has 1 aromatic rings. The van der Waals surface area contributed by atoms with E-state index >= 15 is 0 Å². The van der Waals surface area contributed by atoms with Crippen molar-refractivity contribution in [3.05, 3.63) is 39.4 Å². The Morgan fingerprint density at radius 3 is 2.69 bits per heavy atom. The van der Waals surface area contributed by atoms with Crippen LogP contribution in [-0.2, 0) is 0 Å². The topological polar surface area (TPSA) is 43.1 Å². The summed E-state index contributed by atoms with van der Waals surface area (Å²) in [4.78, 5) is 9.60. The normalized spacial score (nSPS) is 9.44. The molecule has 0 aliphatic rings. The maximum absolute atomic E-state index is 13.1. The standard InChI is InChI=1S/C10H6ClF2NO2/c11-4-2-1-3-7-5-8(12)6-9(13)10(7)14(15)16/h5-6H,2,4H2. The second kappa shape index (κ2) is 5.42. The van der Waals surface area contributed by atoms with Gasteiger partial charge in [-0.15, -0.1) is 11.6 Å². The predicted molar refractivity (Wildman–Crippen MR) is 55.2 cm³/mol. The predicted octanol–water partition coefficient (Wildman–Crippen LogP) is 2.85. The van der Waals surface area contributed by atoms with E-state index in [1.54, 1.807) is 0 Å². The summed E-state index contributed by atoms with van der Waals surface area (Å²) >= 11 is 5.35. The molecule has 84 valence electrons. The molecule has 1 rings (SSSR count). The molecule has 0 radical (unpaired) electrons. The van der Waals surface area contributed by atoms with Gasteiger partial charge in [0.05, 0.1) is 4.92 Å². The molecule has 3 nitrogen and oxygen atoms in total. The summed E-state index contributed by atoms with van der Waals surface area (Å²) in [6, 6.07) is 1.27. The first-order valence-corrected chi connectivity index (χ1v) is 4.78. The third kappa shape index (κ3) is 2.91. The lowest BCUT2D eigenvalue weighted by atomic mass is 10.1. The Morgan fingerprint density at radius 1 is 1.44 bits per heavy atom. The van der Waals surface area contributed by atoms with E-state index in [0.29, 0.717) is 6.07 Å². The van der Waals surface area contributed by atoms with Gasteiger partial charge in [-0.25, -0.2) is 4.39 Å².